The Morgan fingerprint density at radius 2 is 1.81 bits per heavy atom. The van der Waals surface area contributed by atoms with E-state index in [1.165, 1.54) is 7.11 Å². The summed E-state index contributed by atoms with van der Waals surface area (Å²) >= 11 is 0. The predicted octanol–water partition coefficient (Wildman–Crippen LogP) is 3.48. The van der Waals surface area contributed by atoms with Crippen LogP contribution in [-0.2, 0) is 4.79 Å². The minimum atomic E-state index is -0.656. The molecule has 27 heavy (non-hydrogen) atoms. The van der Waals surface area contributed by atoms with Crippen LogP contribution in [0.2, 0.25) is 0 Å². The first-order valence-electron chi connectivity index (χ1n) is 8.56. The molecule has 0 aromatic heterocycles. The highest BCUT2D eigenvalue weighted by Gasteiger charge is 2.26. The monoisotopic (exact) mass is 391 g/mol. The number of nitrogen functional groups attached to an aromatic ring is 1. The van der Waals surface area contributed by atoms with Crippen molar-refractivity contribution in [2.75, 3.05) is 18.2 Å². The van der Waals surface area contributed by atoms with Crippen LogP contribution in [0.25, 0.3) is 0 Å². The van der Waals surface area contributed by atoms with E-state index in [-0.39, 0.29) is 30.1 Å². The van der Waals surface area contributed by atoms with Crippen molar-refractivity contribution in [3.63, 3.8) is 0 Å². The van der Waals surface area contributed by atoms with Crippen LogP contribution in [0.3, 0.4) is 0 Å². The number of methoxy groups -OCH3 is 1. The molecule has 0 bridgehead atoms. The Balaban J connectivity index is 0.00000364. The van der Waals surface area contributed by atoms with Crippen LogP contribution in [0.5, 0.6) is 5.75 Å². The standard InChI is InChI=1S/C20H25N3O3.ClH/c1-4-13(2)18(23-19(24)14-8-6-5-7-9-14)20(25)22-15-10-11-17(26-3)16(21)12-15;/h5-13,18H,4,21H2,1-3H3,(H,22,25)(H,23,24);1H. The van der Waals surface area contributed by atoms with Gasteiger partial charge in [0.25, 0.3) is 5.91 Å². The van der Waals surface area contributed by atoms with Crippen LogP contribution in [0, 0.1) is 5.92 Å². The molecule has 2 atom stereocenters. The maximum atomic E-state index is 12.7. The molecule has 2 rings (SSSR count). The summed E-state index contributed by atoms with van der Waals surface area (Å²) in [7, 11) is 1.53. The molecule has 0 saturated carbocycles. The van der Waals surface area contributed by atoms with Crippen LogP contribution in [0.1, 0.15) is 30.6 Å². The number of hydrogen-bond donors (Lipinski definition) is 3. The highest BCUT2D eigenvalue weighted by molar-refractivity contribution is 6.01. The van der Waals surface area contributed by atoms with Gasteiger partial charge in [-0.1, -0.05) is 38.5 Å². The average molecular weight is 392 g/mol. The number of nitrogens with two attached hydrogens (primary N) is 1. The number of rotatable bonds is 7. The number of halogens is 1. The number of carbonyl (C=O) groups is 2. The van der Waals surface area contributed by atoms with Crippen molar-refractivity contribution >= 4 is 35.6 Å². The summed E-state index contributed by atoms with van der Waals surface area (Å²) in [5.74, 6) is -0.0504. The van der Waals surface area contributed by atoms with Crippen LogP contribution < -0.4 is 21.1 Å². The number of ether oxygens (including phenoxy) is 1. The van der Waals surface area contributed by atoms with Gasteiger partial charge in [0.1, 0.15) is 11.8 Å². The summed E-state index contributed by atoms with van der Waals surface area (Å²) in [6, 6.07) is 13.2. The van der Waals surface area contributed by atoms with Crippen molar-refractivity contribution in [3.05, 3.63) is 54.1 Å². The lowest BCUT2D eigenvalue weighted by Gasteiger charge is -2.23. The molecule has 0 saturated heterocycles. The van der Waals surface area contributed by atoms with E-state index in [0.29, 0.717) is 22.7 Å². The molecule has 0 aliphatic rings. The zero-order valence-electron chi connectivity index (χ0n) is 15.7. The largest absolute Gasteiger partial charge is 0.495 e. The second kappa shape index (κ2) is 10.4. The minimum absolute atomic E-state index is 0. The number of amides is 2. The Hall–Kier alpha value is -2.73. The Morgan fingerprint density at radius 3 is 2.37 bits per heavy atom. The number of anilines is 2. The summed E-state index contributed by atoms with van der Waals surface area (Å²) in [4.78, 5) is 25.2. The molecular formula is C20H26ClN3O3. The molecule has 0 fully saturated rings. The van der Waals surface area contributed by atoms with Crippen LogP contribution in [0.15, 0.2) is 48.5 Å². The minimum Gasteiger partial charge on any atom is -0.495 e. The lowest BCUT2D eigenvalue weighted by Crippen LogP contribution is -2.47. The molecule has 2 aromatic carbocycles. The molecule has 0 heterocycles. The van der Waals surface area contributed by atoms with Gasteiger partial charge in [-0.25, -0.2) is 0 Å². The number of carbonyl (C=O) groups excluding carboxylic acids is 2. The molecule has 7 heteroatoms. The molecule has 2 aromatic rings. The molecule has 4 N–H and O–H groups in total. The number of benzene rings is 2. The van der Waals surface area contributed by atoms with Gasteiger partial charge in [-0.2, -0.15) is 0 Å². The van der Waals surface area contributed by atoms with Crippen molar-refractivity contribution in [3.8, 4) is 5.75 Å². The van der Waals surface area contributed by atoms with E-state index >= 15 is 0 Å². The Kier molecular flexibility index (Phi) is 8.62. The van der Waals surface area contributed by atoms with Crippen molar-refractivity contribution in [1.29, 1.82) is 0 Å². The normalized spacial score (nSPS) is 12.3. The van der Waals surface area contributed by atoms with Crippen molar-refractivity contribution in [2.45, 2.75) is 26.3 Å². The molecule has 0 aliphatic carbocycles. The average Bonchev–Trinajstić information content (AvgIpc) is 2.66. The summed E-state index contributed by atoms with van der Waals surface area (Å²) in [5.41, 5.74) is 7.38. The first kappa shape index (κ1) is 22.3. The maximum Gasteiger partial charge on any atom is 0.251 e. The van der Waals surface area contributed by atoms with Gasteiger partial charge in [0.15, 0.2) is 0 Å². The summed E-state index contributed by atoms with van der Waals surface area (Å²) in [5, 5.41) is 5.65. The van der Waals surface area contributed by atoms with E-state index in [2.05, 4.69) is 10.6 Å². The van der Waals surface area contributed by atoms with Gasteiger partial charge in [0, 0.05) is 11.3 Å². The molecule has 0 radical (unpaired) electrons. The third kappa shape index (κ3) is 5.89. The van der Waals surface area contributed by atoms with Crippen LogP contribution >= 0.6 is 12.4 Å². The van der Waals surface area contributed by atoms with E-state index in [4.69, 9.17) is 10.5 Å². The highest BCUT2D eigenvalue weighted by Crippen LogP contribution is 2.25. The van der Waals surface area contributed by atoms with E-state index in [1.807, 2.05) is 19.9 Å². The zero-order chi connectivity index (χ0) is 19.1. The molecule has 0 aliphatic heterocycles. The van der Waals surface area contributed by atoms with Crippen molar-refractivity contribution < 1.29 is 14.3 Å². The third-order valence-electron chi connectivity index (χ3n) is 4.32. The summed E-state index contributed by atoms with van der Waals surface area (Å²) in [6.07, 6.45) is 0.748. The van der Waals surface area contributed by atoms with E-state index in [0.717, 1.165) is 6.42 Å². The first-order valence-corrected chi connectivity index (χ1v) is 8.56. The molecule has 0 spiro atoms. The lowest BCUT2D eigenvalue weighted by molar-refractivity contribution is -0.119. The fourth-order valence-electron chi connectivity index (χ4n) is 2.55. The van der Waals surface area contributed by atoms with Gasteiger partial charge in [0.05, 0.1) is 12.8 Å². The Labute approximate surface area is 165 Å². The second-order valence-corrected chi connectivity index (χ2v) is 6.15. The van der Waals surface area contributed by atoms with Crippen molar-refractivity contribution in [2.24, 2.45) is 5.92 Å². The molecular weight excluding hydrogens is 366 g/mol. The van der Waals surface area contributed by atoms with Crippen LogP contribution in [-0.4, -0.2) is 25.0 Å². The zero-order valence-corrected chi connectivity index (χ0v) is 16.5. The van der Waals surface area contributed by atoms with Gasteiger partial charge < -0.3 is 21.1 Å². The van der Waals surface area contributed by atoms with E-state index < -0.39 is 6.04 Å². The Morgan fingerprint density at radius 1 is 1.15 bits per heavy atom. The van der Waals surface area contributed by atoms with Crippen molar-refractivity contribution in [1.82, 2.24) is 5.32 Å². The summed E-state index contributed by atoms with van der Waals surface area (Å²) in [6.45, 7) is 3.91. The second-order valence-electron chi connectivity index (χ2n) is 6.15. The molecule has 2 unspecified atom stereocenters. The molecule has 146 valence electrons. The SMILES string of the molecule is CCC(C)C(NC(=O)c1ccccc1)C(=O)Nc1ccc(OC)c(N)c1.Cl. The fraction of sp³-hybridized carbons (Fsp3) is 0.300. The van der Waals surface area contributed by atoms with Gasteiger partial charge in [0.2, 0.25) is 5.91 Å². The smallest absolute Gasteiger partial charge is 0.251 e. The number of nitrogens with one attached hydrogen (secondary N) is 2. The quantitative estimate of drug-likeness (QED) is 0.630. The maximum absolute atomic E-state index is 12.7. The summed E-state index contributed by atoms with van der Waals surface area (Å²) < 4.78 is 5.11. The fourth-order valence-corrected chi connectivity index (χ4v) is 2.55. The van der Waals surface area contributed by atoms with E-state index in [1.54, 1.807) is 42.5 Å². The third-order valence-corrected chi connectivity index (χ3v) is 4.32. The van der Waals surface area contributed by atoms with Gasteiger partial charge in [-0.15, -0.1) is 12.4 Å². The van der Waals surface area contributed by atoms with Gasteiger partial charge in [-0.05, 0) is 36.2 Å². The van der Waals surface area contributed by atoms with Gasteiger partial charge >= 0.3 is 0 Å². The topological polar surface area (TPSA) is 93.5 Å². The number of hydrogen-bond acceptors (Lipinski definition) is 4. The highest BCUT2D eigenvalue weighted by atomic mass is 35.5. The van der Waals surface area contributed by atoms with E-state index in [9.17, 15) is 9.59 Å². The predicted molar refractivity (Wildman–Crippen MR) is 110 cm³/mol. The lowest BCUT2D eigenvalue weighted by atomic mass is 9.97. The Bertz CT molecular complexity index is 768. The first-order chi connectivity index (χ1) is 12.5. The molecule has 6 nitrogen and oxygen atoms in total. The molecule has 2 amide bonds. The van der Waals surface area contributed by atoms with Crippen LogP contribution in [0.4, 0.5) is 11.4 Å². The van der Waals surface area contributed by atoms with Gasteiger partial charge in [-0.3, -0.25) is 9.59 Å².